The van der Waals surface area contributed by atoms with Crippen molar-refractivity contribution in [1.29, 1.82) is 0 Å². The van der Waals surface area contributed by atoms with Gasteiger partial charge in [0.2, 0.25) is 0 Å². The molecule has 5 heteroatoms. The predicted octanol–water partition coefficient (Wildman–Crippen LogP) is 2.10. The molecule has 0 rings (SSSR count). The molecule has 0 aliphatic rings. The second-order valence-corrected chi connectivity index (χ2v) is 5.29. The maximum Gasteiger partial charge on any atom is 0.133 e. The van der Waals surface area contributed by atoms with Crippen molar-refractivity contribution in [2.24, 2.45) is 0 Å². The highest BCUT2D eigenvalue weighted by Crippen LogP contribution is 2.07. The molecule has 0 heterocycles. The summed E-state index contributed by atoms with van der Waals surface area (Å²) < 4.78 is 10.1. The summed E-state index contributed by atoms with van der Waals surface area (Å²) >= 11 is 1.67. The Morgan fingerprint density at radius 2 is 1.72 bits per heavy atom. The quantitative estimate of drug-likeness (QED) is 0.482. The van der Waals surface area contributed by atoms with Crippen molar-refractivity contribution in [3.05, 3.63) is 0 Å². The standard InChI is InChI=1S/C13H24O4S/c1-12(14)5-10-18-11-6-13(15)4-3-7-17-9-8-16-2/h3-11H2,1-2H3. The summed E-state index contributed by atoms with van der Waals surface area (Å²) in [7, 11) is 1.64. The fraction of sp³-hybridized carbons (Fsp3) is 0.846. The van der Waals surface area contributed by atoms with E-state index in [0.29, 0.717) is 39.1 Å². The largest absolute Gasteiger partial charge is 0.382 e. The topological polar surface area (TPSA) is 52.6 Å². The SMILES string of the molecule is COCCOCCCC(=O)CCSCCC(C)=O. The van der Waals surface area contributed by atoms with Gasteiger partial charge >= 0.3 is 0 Å². The lowest BCUT2D eigenvalue weighted by molar-refractivity contribution is -0.119. The predicted molar refractivity (Wildman–Crippen MR) is 74.2 cm³/mol. The van der Waals surface area contributed by atoms with Crippen LogP contribution >= 0.6 is 11.8 Å². The van der Waals surface area contributed by atoms with Crippen molar-refractivity contribution in [2.75, 3.05) is 38.4 Å². The molecule has 106 valence electrons. The Balaban J connectivity index is 3.20. The van der Waals surface area contributed by atoms with E-state index in [2.05, 4.69) is 0 Å². The highest BCUT2D eigenvalue weighted by atomic mass is 32.2. The van der Waals surface area contributed by atoms with Crippen LogP contribution in [0.2, 0.25) is 0 Å². The van der Waals surface area contributed by atoms with Crippen LogP contribution < -0.4 is 0 Å². The van der Waals surface area contributed by atoms with Crippen molar-refractivity contribution in [3.8, 4) is 0 Å². The van der Waals surface area contributed by atoms with E-state index in [1.807, 2.05) is 0 Å². The van der Waals surface area contributed by atoms with E-state index < -0.39 is 0 Å². The molecule has 0 fully saturated rings. The zero-order chi connectivity index (χ0) is 13.6. The van der Waals surface area contributed by atoms with Gasteiger partial charge in [-0.05, 0) is 13.3 Å². The van der Waals surface area contributed by atoms with Gasteiger partial charge in [-0.2, -0.15) is 11.8 Å². The van der Waals surface area contributed by atoms with E-state index in [1.165, 1.54) is 0 Å². The first-order chi connectivity index (χ1) is 8.66. The second kappa shape index (κ2) is 13.1. The van der Waals surface area contributed by atoms with Crippen LogP contribution in [0.5, 0.6) is 0 Å². The molecule has 4 nitrogen and oxygen atoms in total. The average molecular weight is 276 g/mol. The van der Waals surface area contributed by atoms with Crippen LogP contribution in [0.15, 0.2) is 0 Å². The number of rotatable bonds is 13. The highest BCUT2D eigenvalue weighted by Gasteiger charge is 2.02. The summed E-state index contributed by atoms with van der Waals surface area (Å²) in [5.74, 6) is 2.13. The highest BCUT2D eigenvalue weighted by molar-refractivity contribution is 7.99. The van der Waals surface area contributed by atoms with Gasteiger partial charge in [0.05, 0.1) is 13.2 Å². The van der Waals surface area contributed by atoms with Gasteiger partial charge < -0.3 is 9.47 Å². The maximum absolute atomic E-state index is 11.5. The number of thioether (sulfide) groups is 1. The number of carbonyl (C=O) groups is 2. The molecule has 0 aromatic heterocycles. The van der Waals surface area contributed by atoms with Gasteiger partial charge in [0.25, 0.3) is 0 Å². The molecule has 0 aliphatic carbocycles. The molecule has 0 atom stereocenters. The third-order valence-electron chi connectivity index (χ3n) is 2.30. The number of Topliss-reactive ketones (excluding diaryl/α,β-unsaturated/α-hetero) is 2. The van der Waals surface area contributed by atoms with Crippen LogP contribution in [0, 0.1) is 0 Å². The monoisotopic (exact) mass is 276 g/mol. The number of ether oxygens (including phenoxy) is 2. The van der Waals surface area contributed by atoms with Crippen molar-refractivity contribution >= 4 is 23.3 Å². The number of hydrogen-bond acceptors (Lipinski definition) is 5. The Hall–Kier alpha value is -0.390. The van der Waals surface area contributed by atoms with E-state index >= 15 is 0 Å². The lowest BCUT2D eigenvalue weighted by Crippen LogP contribution is -2.06. The van der Waals surface area contributed by atoms with Crippen LogP contribution in [0.25, 0.3) is 0 Å². The minimum Gasteiger partial charge on any atom is -0.382 e. The molecule has 0 radical (unpaired) electrons. The Bertz CT molecular complexity index is 231. The summed E-state index contributed by atoms with van der Waals surface area (Å²) in [6.45, 7) is 3.40. The summed E-state index contributed by atoms with van der Waals surface area (Å²) in [6, 6.07) is 0. The third kappa shape index (κ3) is 13.7. The van der Waals surface area contributed by atoms with E-state index in [4.69, 9.17) is 9.47 Å². The number of carbonyl (C=O) groups excluding carboxylic acids is 2. The minimum absolute atomic E-state index is 0.210. The molecule has 0 saturated carbocycles. The first-order valence-electron chi connectivity index (χ1n) is 6.32. The van der Waals surface area contributed by atoms with Crippen LogP contribution in [0.1, 0.15) is 32.6 Å². The summed E-state index contributed by atoms with van der Waals surface area (Å²) in [6.07, 6.45) is 2.56. The lowest BCUT2D eigenvalue weighted by atomic mass is 10.2. The second-order valence-electron chi connectivity index (χ2n) is 4.06. The fourth-order valence-corrected chi connectivity index (χ4v) is 2.25. The molecular weight excluding hydrogens is 252 g/mol. The zero-order valence-corrected chi connectivity index (χ0v) is 12.2. The maximum atomic E-state index is 11.5. The molecule has 0 N–H and O–H groups in total. The van der Waals surface area contributed by atoms with Gasteiger partial charge in [0.15, 0.2) is 0 Å². The van der Waals surface area contributed by atoms with E-state index in [0.717, 1.165) is 17.9 Å². The smallest absolute Gasteiger partial charge is 0.133 e. The molecule has 0 aromatic carbocycles. The van der Waals surface area contributed by atoms with Crippen LogP contribution in [-0.2, 0) is 19.1 Å². The van der Waals surface area contributed by atoms with Gasteiger partial charge in [-0.25, -0.2) is 0 Å². The third-order valence-corrected chi connectivity index (χ3v) is 3.29. The van der Waals surface area contributed by atoms with Crippen LogP contribution in [0.3, 0.4) is 0 Å². The first kappa shape index (κ1) is 17.6. The van der Waals surface area contributed by atoms with Crippen molar-refractivity contribution in [2.45, 2.75) is 32.6 Å². The van der Waals surface area contributed by atoms with E-state index in [-0.39, 0.29) is 11.6 Å². The van der Waals surface area contributed by atoms with Gasteiger partial charge in [-0.3, -0.25) is 9.59 Å². The average Bonchev–Trinajstić information content (AvgIpc) is 2.33. The Morgan fingerprint density at radius 1 is 1.00 bits per heavy atom. The lowest BCUT2D eigenvalue weighted by Gasteiger charge is -2.03. The van der Waals surface area contributed by atoms with Gasteiger partial charge in [0.1, 0.15) is 11.6 Å². The Labute approximate surface area is 114 Å². The van der Waals surface area contributed by atoms with Crippen molar-refractivity contribution in [3.63, 3.8) is 0 Å². The normalized spacial score (nSPS) is 10.6. The van der Waals surface area contributed by atoms with E-state index in [1.54, 1.807) is 25.8 Å². The molecule has 0 unspecified atom stereocenters. The summed E-state index contributed by atoms with van der Waals surface area (Å²) in [4.78, 5) is 22.2. The van der Waals surface area contributed by atoms with Crippen LogP contribution in [-0.4, -0.2) is 50.0 Å². The van der Waals surface area contributed by atoms with Crippen molar-refractivity contribution < 1.29 is 19.1 Å². The minimum atomic E-state index is 0.210. The van der Waals surface area contributed by atoms with Gasteiger partial charge in [0, 0.05) is 44.5 Å². The van der Waals surface area contributed by atoms with Crippen LogP contribution in [0.4, 0.5) is 0 Å². The Morgan fingerprint density at radius 3 is 2.39 bits per heavy atom. The zero-order valence-electron chi connectivity index (χ0n) is 11.4. The molecule has 18 heavy (non-hydrogen) atoms. The number of methoxy groups -OCH3 is 1. The first-order valence-corrected chi connectivity index (χ1v) is 7.48. The Kier molecular flexibility index (Phi) is 12.8. The molecule has 0 aliphatic heterocycles. The number of hydrogen-bond donors (Lipinski definition) is 0. The molecular formula is C13H24O4S. The summed E-state index contributed by atoms with van der Waals surface area (Å²) in [5, 5.41) is 0. The van der Waals surface area contributed by atoms with E-state index in [9.17, 15) is 9.59 Å². The van der Waals surface area contributed by atoms with Gasteiger partial charge in [-0.1, -0.05) is 0 Å². The molecule has 0 aromatic rings. The summed E-state index contributed by atoms with van der Waals surface area (Å²) in [5.41, 5.74) is 0. The molecule has 0 amide bonds. The molecule has 0 spiro atoms. The fourth-order valence-electron chi connectivity index (χ4n) is 1.24. The molecule has 0 saturated heterocycles. The number of ketones is 2. The van der Waals surface area contributed by atoms with Crippen molar-refractivity contribution in [1.82, 2.24) is 0 Å². The van der Waals surface area contributed by atoms with Gasteiger partial charge in [-0.15, -0.1) is 0 Å². The molecule has 0 bridgehead atoms.